The highest BCUT2D eigenvalue weighted by molar-refractivity contribution is 7.89. The molecule has 0 aromatic heterocycles. The minimum Gasteiger partial charge on any atom is -0.497 e. The Labute approximate surface area is 155 Å². The van der Waals surface area contributed by atoms with Crippen molar-refractivity contribution in [2.45, 2.75) is 44.0 Å². The minimum absolute atomic E-state index is 0.000265. The number of rotatable bonds is 6. The summed E-state index contributed by atoms with van der Waals surface area (Å²) in [6.07, 6.45) is 0. The lowest BCUT2D eigenvalue weighted by molar-refractivity contribution is 0.0962. The summed E-state index contributed by atoms with van der Waals surface area (Å²) in [7, 11) is -2.23. The fourth-order valence-corrected chi connectivity index (χ4v) is 4.27. The van der Waals surface area contributed by atoms with Gasteiger partial charge in [0.25, 0.3) is 0 Å². The van der Waals surface area contributed by atoms with Crippen LogP contribution in [0.4, 0.5) is 0 Å². The summed E-state index contributed by atoms with van der Waals surface area (Å²) < 4.78 is 33.2. The molecule has 0 aliphatic heterocycles. The number of carbonyl (C=O) groups is 1. The summed E-state index contributed by atoms with van der Waals surface area (Å²) >= 11 is 0. The van der Waals surface area contributed by atoms with E-state index in [0.29, 0.717) is 5.75 Å². The largest absolute Gasteiger partial charge is 0.497 e. The maximum atomic E-state index is 13.0. The molecule has 26 heavy (non-hydrogen) atoms. The molecule has 6 heteroatoms. The maximum Gasteiger partial charge on any atom is 0.241 e. The molecule has 0 saturated heterocycles. The lowest BCUT2D eigenvalue weighted by Crippen LogP contribution is -2.41. The van der Waals surface area contributed by atoms with Gasteiger partial charge in [0.05, 0.1) is 12.0 Å². The van der Waals surface area contributed by atoms with Crippen LogP contribution in [0.2, 0.25) is 0 Å². The average Bonchev–Trinajstić information content (AvgIpc) is 2.58. The van der Waals surface area contributed by atoms with Crippen LogP contribution in [0.25, 0.3) is 0 Å². The number of benzene rings is 2. The number of ketones is 1. The zero-order valence-electron chi connectivity index (χ0n) is 15.7. The third-order valence-corrected chi connectivity index (χ3v) is 5.71. The van der Waals surface area contributed by atoms with Gasteiger partial charge in [-0.3, -0.25) is 4.79 Å². The van der Waals surface area contributed by atoms with Crippen LogP contribution in [0.1, 0.15) is 49.5 Å². The fraction of sp³-hybridized carbons (Fsp3) is 0.350. The van der Waals surface area contributed by atoms with E-state index in [1.807, 2.05) is 12.1 Å². The van der Waals surface area contributed by atoms with Crippen molar-refractivity contribution >= 4 is 15.8 Å². The number of Topliss-reactive ketones (excluding diaryl/α,β-unsaturated/α-hetero) is 1. The third kappa shape index (κ3) is 4.71. The van der Waals surface area contributed by atoms with Gasteiger partial charge in [0.1, 0.15) is 5.75 Å². The molecular weight excluding hydrogens is 350 g/mol. The normalized spacial score (nSPS) is 13.3. The molecule has 140 valence electrons. The van der Waals surface area contributed by atoms with Gasteiger partial charge in [-0.1, -0.05) is 37.3 Å². The van der Waals surface area contributed by atoms with Gasteiger partial charge in [0, 0.05) is 17.0 Å². The van der Waals surface area contributed by atoms with Gasteiger partial charge in [-0.05, 0) is 44.5 Å². The Bertz CT molecular complexity index is 881. The van der Waals surface area contributed by atoms with Crippen molar-refractivity contribution in [2.24, 2.45) is 0 Å². The molecule has 5 nitrogen and oxygen atoms in total. The highest BCUT2D eigenvalue weighted by atomic mass is 32.2. The second-order valence-electron chi connectivity index (χ2n) is 7.21. The Hall–Kier alpha value is -2.18. The smallest absolute Gasteiger partial charge is 0.241 e. The van der Waals surface area contributed by atoms with E-state index in [0.717, 1.165) is 5.56 Å². The molecular formula is C20H25NO4S. The van der Waals surface area contributed by atoms with Crippen LogP contribution in [-0.4, -0.2) is 26.8 Å². The molecule has 2 aromatic carbocycles. The summed E-state index contributed by atoms with van der Waals surface area (Å²) in [5.41, 5.74) is 0.343. The summed E-state index contributed by atoms with van der Waals surface area (Å²) in [5.74, 6) is -0.0253. The maximum absolute atomic E-state index is 13.0. The van der Waals surface area contributed by atoms with Crippen LogP contribution in [0, 0.1) is 0 Å². The topological polar surface area (TPSA) is 72.5 Å². The van der Waals surface area contributed by atoms with Gasteiger partial charge < -0.3 is 4.74 Å². The Balaban J connectivity index is 2.40. The zero-order valence-corrected chi connectivity index (χ0v) is 16.6. The van der Waals surface area contributed by atoms with E-state index in [1.165, 1.54) is 6.07 Å². The first-order chi connectivity index (χ1) is 12.0. The first kappa shape index (κ1) is 20.1. The average molecular weight is 375 g/mol. The van der Waals surface area contributed by atoms with Crippen LogP contribution in [-0.2, 0) is 10.0 Å². The first-order valence-electron chi connectivity index (χ1n) is 8.36. The molecule has 0 radical (unpaired) electrons. The monoisotopic (exact) mass is 375 g/mol. The molecule has 1 atom stereocenters. The SMILES string of the molecule is COc1ccc(C(C)C(=O)c2ccccc2S(=O)(=O)NC(C)(C)C)cc1. The molecule has 0 bridgehead atoms. The predicted octanol–water partition coefficient (Wildman–Crippen LogP) is 3.76. The number of carbonyl (C=O) groups excluding carboxylic acids is 1. The van der Waals surface area contributed by atoms with Crippen LogP contribution >= 0.6 is 0 Å². The molecule has 2 aromatic rings. The summed E-state index contributed by atoms with van der Waals surface area (Å²) in [6.45, 7) is 7.05. The number of sulfonamides is 1. The molecule has 0 spiro atoms. The quantitative estimate of drug-likeness (QED) is 0.780. The number of nitrogens with one attached hydrogen (secondary N) is 1. The second-order valence-corrected chi connectivity index (χ2v) is 8.86. The van der Waals surface area contributed by atoms with E-state index in [-0.39, 0.29) is 16.2 Å². The van der Waals surface area contributed by atoms with E-state index in [9.17, 15) is 13.2 Å². The zero-order chi connectivity index (χ0) is 19.5. The van der Waals surface area contributed by atoms with Crippen molar-refractivity contribution < 1.29 is 17.9 Å². The van der Waals surface area contributed by atoms with Crippen molar-refractivity contribution in [3.8, 4) is 5.75 Å². The molecule has 1 unspecified atom stereocenters. The van der Waals surface area contributed by atoms with E-state index < -0.39 is 21.5 Å². The van der Waals surface area contributed by atoms with Crippen LogP contribution < -0.4 is 9.46 Å². The molecule has 2 rings (SSSR count). The Morgan fingerprint density at radius 3 is 2.15 bits per heavy atom. The molecule has 1 N–H and O–H groups in total. The number of hydrogen-bond acceptors (Lipinski definition) is 4. The lowest BCUT2D eigenvalue weighted by Gasteiger charge is -2.22. The van der Waals surface area contributed by atoms with Crippen molar-refractivity contribution in [1.82, 2.24) is 4.72 Å². The Morgan fingerprint density at radius 2 is 1.62 bits per heavy atom. The molecule has 0 saturated carbocycles. The van der Waals surface area contributed by atoms with Gasteiger partial charge in [-0.2, -0.15) is 0 Å². The van der Waals surface area contributed by atoms with E-state index >= 15 is 0 Å². The molecule has 0 aliphatic carbocycles. The van der Waals surface area contributed by atoms with Crippen molar-refractivity contribution in [3.63, 3.8) is 0 Å². The summed E-state index contributed by atoms with van der Waals surface area (Å²) in [5, 5.41) is 0. The van der Waals surface area contributed by atoms with Crippen LogP contribution in [0.5, 0.6) is 5.75 Å². The van der Waals surface area contributed by atoms with Gasteiger partial charge in [0.2, 0.25) is 10.0 Å². The summed E-state index contributed by atoms with van der Waals surface area (Å²) in [6, 6.07) is 13.5. The van der Waals surface area contributed by atoms with Crippen molar-refractivity contribution in [1.29, 1.82) is 0 Å². The van der Waals surface area contributed by atoms with E-state index in [4.69, 9.17) is 4.74 Å². The lowest BCUT2D eigenvalue weighted by atomic mass is 9.92. The van der Waals surface area contributed by atoms with Gasteiger partial charge >= 0.3 is 0 Å². The predicted molar refractivity (Wildman–Crippen MR) is 102 cm³/mol. The molecule has 0 heterocycles. The molecule has 0 fully saturated rings. The minimum atomic E-state index is -3.81. The van der Waals surface area contributed by atoms with E-state index in [2.05, 4.69) is 4.72 Å². The number of hydrogen-bond donors (Lipinski definition) is 1. The standard InChI is InChI=1S/C20H25NO4S/c1-14(15-10-12-16(25-5)13-11-15)19(22)17-8-6-7-9-18(17)26(23,24)21-20(2,3)4/h6-14,21H,1-5H3. The van der Waals surface area contributed by atoms with Gasteiger partial charge in [0.15, 0.2) is 5.78 Å². The number of ether oxygens (including phenoxy) is 1. The molecule has 0 aliphatic rings. The van der Waals surface area contributed by atoms with Gasteiger partial charge in [-0.25, -0.2) is 13.1 Å². The van der Waals surface area contributed by atoms with Crippen molar-refractivity contribution in [2.75, 3.05) is 7.11 Å². The summed E-state index contributed by atoms with van der Waals surface area (Å²) in [4.78, 5) is 13.0. The Morgan fingerprint density at radius 1 is 1.04 bits per heavy atom. The number of methoxy groups -OCH3 is 1. The Kier molecular flexibility index (Phi) is 5.88. The molecule has 0 amide bonds. The second kappa shape index (κ2) is 7.60. The van der Waals surface area contributed by atoms with Crippen molar-refractivity contribution in [3.05, 3.63) is 59.7 Å². The highest BCUT2D eigenvalue weighted by Crippen LogP contribution is 2.26. The third-order valence-electron chi connectivity index (χ3n) is 3.89. The van der Waals surface area contributed by atoms with Crippen LogP contribution in [0.15, 0.2) is 53.4 Å². The van der Waals surface area contributed by atoms with Gasteiger partial charge in [-0.15, -0.1) is 0 Å². The van der Waals surface area contributed by atoms with Crippen LogP contribution in [0.3, 0.4) is 0 Å². The highest BCUT2D eigenvalue weighted by Gasteiger charge is 2.28. The fourth-order valence-electron chi connectivity index (χ4n) is 2.64. The van der Waals surface area contributed by atoms with E-state index in [1.54, 1.807) is 65.1 Å². The first-order valence-corrected chi connectivity index (χ1v) is 9.84.